The molecule has 2 atom stereocenters. The molecule has 1 aromatic carbocycles. The third-order valence-electron chi connectivity index (χ3n) is 5.42. The van der Waals surface area contributed by atoms with Gasteiger partial charge < -0.3 is 15.2 Å². The monoisotopic (exact) mass is 370 g/mol. The third-order valence-corrected chi connectivity index (χ3v) is 5.42. The number of ether oxygens (including phenoxy) is 1. The summed E-state index contributed by atoms with van der Waals surface area (Å²) in [5.41, 5.74) is 4.20. The summed E-state index contributed by atoms with van der Waals surface area (Å²) in [5.74, 6) is 1.03. The van der Waals surface area contributed by atoms with Crippen molar-refractivity contribution in [3.8, 4) is 11.6 Å². The quantitative estimate of drug-likeness (QED) is 0.850. The van der Waals surface area contributed by atoms with Gasteiger partial charge in [0.25, 0.3) is 0 Å². The van der Waals surface area contributed by atoms with Gasteiger partial charge in [-0.2, -0.15) is 0 Å². The second kappa shape index (κ2) is 6.88. The summed E-state index contributed by atoms with van der Waals surface area (Å²) in [6.07, 6.45) is -0.308. The molecule has 0 saturated heterocycles. The van der Waals surface area contributed by atoms with Gasteiger partial charge in [-0.25, -0.2) is 9.48 Å². The molecule has 0 fully saturated rings. The Morgan fingerprint density at radius 1 is 1.30 bits per heavy atom. The van der Waals surface area contributed by atoms with Crippen LogP contribution in [-0.2, 0) is 6.42 Å². The molecule has 0 bridgehead atoms. The SMILES string of the molecule is CC(C)c1ccc(-n2nc3c4c2CCN(C(=O)O)[C@@H]4CNC[C@H](C)O3)cc1. The van der Waals surface area contributed by atoms with Gasteiger partial charge in [-0.1, -0.05) is 26.0 Å². The fourth-order valence-electron chi connectivity index (χ4n) is 3.95. The van der Waals surface area contributed by atoms with Crippen LogP contribution in [0.3, 0.4) is 0 Å². The van der Waals surface area contributed by atoms with Gasteiger partial charge in [0.1, 0.15) is 6.10 Å². The molecule has 27 heavy (non-hydrogen) atoms. The molecular formula is C20H26N4O3. The zero-order chi connectivity index (χ0) is 19.1. The van der Waals surface area contributed by atoms with Crippen molar-refractivity contribution in [2.45, 2.75) is 45.3 Å². The van der Waals surface area contributed by atoms with Gasteiger partial charge in [0.15, 0.2) is 0 Å². The highest BCUT2D eigenvalue weighted by Crippen LogP contribution is 2.38. The van der Waals surface area contributed by atoms with Crippen LogP contribution in [0.5, 0.6) is 5.88 Å². The maximum atomic E-state index is 11.7. The van der Waals surface area contributed by atoms with Gasteiger partial charge in [-0.15, -0.1) is 5.10 Å². The lowest BCUT2D eigenvalue weighted by Gasteiger charge is -2.35. The van der Waals surface area contributed by atoms with E-state index in [1.165, 1.54) is 10.5 Å². The standard InChI is InChI=1S/C20H26N4O3/c1-12(2)14-4-6-15(7-5-14)24-16-8-9-23(20(25)26)17-11-21-10-13(3)27-19(22-24)18(16)17/h4-7,12-13,17,21H,8-11H2,1-3H3,(H,25,26)/t13-,17+/m0/s1. The lowest BCUT2D eigenvalue weighted by Crippen LogP contribution is -2.46. The highest BCUT2D eigenvalue weighted by Gasteiger charge is 2.38. The molecule has 1 aromatic heterocycles. The second-order valence-corrected chi connectivity index (χ2v) is 7.65. The van der Waals surface area contributed by atoms with Crippen LogP contribution in [0, 0.1) is 0 Å². The molecule has 2 N–H and O–H groups in total. The van der Waals surface area contributed by atoms with Crippen molar-refractivity contribution in [2.24, 2.45) is 0 Å². The Labute approximate surface area is 158 Å². The van der Waals surface area contributed by atoms with Crippen molar-refractivity contribution in [3.05, 3.63) is 41.1 Å². The molecule has 1 amide bonds. The van der Waals surface area contributed by atoms with E-state index in [-0.39, 0.29) is 12.1 Å². The molecule has 7 heteroatoms. The molecule has 3 heterocycles. The van der Waals surface area contributed by atoms with Crippen molar-refractivity contribution in [2.75, 3.05) is 19.6 Å². The van der Waals surface area contributed by atoms with E-state index in [0.29, 0.717) is 37.9 Å². The molecule has 144 valence electrons. The Kier molecular flexibility index (Phi) is 4.55. The van der Waals surface area contributed by atoms with Crippen molar-refractivity contribution < 1.29 is 14.6 Å². The van der Waals surface area contributed by atoms with Gasteiger partial charge in [-0.05, 0) is 30.5 Å². The van der Waals surface area contributed by atoms with Crippen molar-refractivity contribution in [1.82, 2.24) is 20.0 Å². The Hall–Kier alpha value is -2.54. The molecule has 0 spiro atoms. The average molecular weight is 370 g/mol. The summed E-state index contributed by atoms with van der Waals surface area (Å²) in [7, 11) is 0. The highest BCUT2D eigenvalue weighted by molar-refractivity contribution is 5.67. The van der Waals surface area contributed by atoms with E-state index >= 15 is 0 Å². The lowest BCUT2D eigenvalue weighted by atomic mass is 9.97. The molecule has 0 saturated carbocycles. The summed E-state index contributed by atoms with van der Waals surface area (Å²) in [6.45, 7) is 8.03. The van der Waals surface area contributed by atoms with E-state index in [1.54, 1.807) is 0 Å². The molecule has 7 nitrogen and oxygen atoms in total. The van der Waals surface area contributed by atoms with Crippen LogP contribution in [0.4, 0.5) is 4.79 Å². The summed E-state index contributed by atoms with van der Waals surface area (Å²) in [5, 5.41) is 17.7. The smallest absolute Gasteiger partial charge is 0.407 e. The summed E-state index contributed by atoms with van der Waals surface area (Å²) in [6, 6.07) is 8.12. The Morgan fingerprint density at radius 3 is 2.70 bits per heavy atom. The number of aromatic nitrogens is 2. The number of amides is 1. The number of rotatable bonds is 2. The Bertz CT molecular complexity index is 844. The molecule has 0 aliphatic carbocycles. The Balaban J connectivity index is 1.81. The normalized spacial score (nSPS) is 22.0. The minimum absolute atomic E-state index is 0.0260. The van der Waals surface area contributed by atoms with E-state index in [4.69, 9.17) is 9.84 Å². The largest absolute Gasteiger partial charge is 0.472 e. The van der Waals surface area contributed by atoms with Crippen molar-refractivity contribution in [3.63, 3.8) is 0 Å². The molecule has 0 radical (unpaired) electrons. The predicted octanol–water partition coefficient (Wildman–Crippen LogP) is 2.94. The van der Waals surface area contributed by atoms with Crippen LogP contribution in [0.1, 0.15) is 49.6 Å². The van der Waals surface area contributed by atoms with Gasteiger partial charge in [0.2, 0.25) is 5.88 Å². The molecule has 2 aliphatic heterocycles. The zero-order valence-corrected chi connectivity index (χ0v) is 16.0. The number of hydrogen-bond acceptors (Lipinski definition) is 4. The summed E-state index contributed by atoms with van der Waals surface area (Å²) in [4.78, 5) is 13.2. The molecule has 0 unspecified atom stereocenters. The minimum atomic E-state index is -0.902. The maximum Gasteiger partial charge on any atom is 0.407 e. The van der Waals surface area contributed by atoms with E-state index in [9.17, 15) is 9.90 Å². The summed E-state index contributed by atoms with van der Waals surface area (Å²) >= 11 is 0. The number of carbonyl (C=O) groups is 1. The van der Waals surface area contributed by atoms with Gasteiger partial charge in [0, 0.05) is 26.1 Å². The van der Waals surface area contributed by atoms with E-state index < -0.39 is 6.09 Å². The first-order chi connectivity index (χ1) is 13.0. The topological polar surface area (TPSA) is 79.6 Å². The first-order valence-electron chi connectivity index (χ1n) is 9.54. The van der Waals surface area contributed by atoms with Crippen LogP contribution < -0.4 is 10.1 Å². The first-order valence-corrected chi connectivity index (χ1v) is 9.54. The number of carboxylic acid groups (broad SMARTS) is 1. The molecular weight excluding hydrogens is 344 g/mol. The zero-order valence-electron chi connectivity index (χ0n) is 16.0. The number of nitrogens with one attached hydrogen (secondary N) is 1. The van der Waals surface area contributed by atoms with Crippen molar-refractivity contribution >= 4 is 6.09 Å². The van der Waals surface area contributed by atoms with Crippen molar-refractivity contribution in [1.29, 1.82) is 0 Å². The first kappa shape index (κ1) is 17.9. The minimum Gasteiger partial charge on any atom is -0.472 e. The Morgan fingerprint density at radius 2 is 2.04 bits per heavy atom. The van der Waals surface area contributed by atoms with Crippen LogP contribution in [0.2, 0.25) is 0 Å². The number of nitrogens with zero attached hydrogens (tertiary/aromatic N) is 3. The second-order valence-electron chi connectivity index (χ2n) is 7.65. The molecule has 2 aliphatic rings. The lowest BCUT2D eigenvalue weighted by molar-refractivity contribution is 0.110. The van der Waals surface area contributed by atoms with E-state index in [0.717, 1.165) is 16.9 Å². The van der Waals surface area contributed by atoms with Gasteiger partial charge >= 0.3 is 6.09 Å². The fourth-order valence-corrected chi connectivity index (χ4v) is 3.95. The average Bonchev–Trinajstić information content (AvgIpc) is 2.98. The van der Waals surface area contributed by atoms with E-state index in [1.807, 2.05) is 11.6 Å². The van der Waals surface area contributed by atoms with E-state index in [2.05, 4.69) is 43.4 Å². The van der Waals surface area contributed by atoms with Gasteiger partial charge in [0.05, 0.1) is 23.0 Å². The molecule has 2 aromatic rings. The van der Waals surface area contributed by atoms with Crippen LogP contribution in [-0.4, -0.2) is 51.6 Å². The highest BCUT2D eigenvalue weighted by atomic mass is 16.5. The number of hydrogen-bond donors (Lipinski definition) is 2. The summed E-state index contributed by atoms with van der Waals surface area (Å²) < 4.78 is 7.99. The maximum absolute atomic E-state index is 11.7. The third kappa shape index (κ3) is 3.16. The molecule has 4 rings (SSSR count). The van der Waals surface area contributed by atoms with Gasteiger partial charge in [-0.3, -0.25) is 4.90 Å². The van der Waals surface area contributed by atoms with Crippen LogP contribution in [0.25, 0.3) is 5.69 Å². The van der Waals surface area contributed by atoms with Crippen LogP contribution >= 0.6 is 0 Å². The number of benzene rings is 1. The fraction of sp³-hybridized carbons (Fsp3) is 0.500. The predicted molar refractivity (Wildman–Crippen MR) is 102 cm³/mol. The van der Waals surface area contributed by atoms with Crippen LogP contribution in [0.15, 0.2) is 24.3 Å².